The summed E-state index contributed by atoms with van der Waals surface area (Å²) in [4.78, 5) is 2.85. The Bertz CT molecular complexity index is 374. The molecule has 84 valence electrons. The van der Waals surface area contributed by atoms with Gasteiger partial charge in [-0.05, 0) is 22.6 Å². The molecular weight excluding hydrogens is 339 g/mol. The quantitative estimate of drug-likeness (QED) is 0.430. The molecule has 0 atom stereocenters. The van der Waals surface area contributed by atoms with Crippen molar-refractivity contribution < 1.29 is 26.3 Å². The van der Waals surface area contributed by atoms with Crippen molar-refractivity contribution in [2.75, 3.05) is 0 Å². The number of nitrogens with zero attached hydrogens (tertiary/aromatic N) is 1. The van der Waals surface area contributed by atoms with E-state index in [2.05, 4.69) is 4.98 Å². The van der Waals surface area contributed by atoms with Gasteiger partial charge in [0.2, 0.25) is 5.95 Å². The van der Waals surface area contributed by atoms with E-state index in [0.29, 0.717) is 0 Å². The highest BCUT2D eigenvalue weighted by Gasteiger charge is 2.39. The molecule has 0 saturated carbocycles. The Morgan fingerprint density at radius 1 is 1.27 bits per heavy atom. The molecule has 0 fully saturated rings. The van der Waals surface area contributed by atoms with Gasteiger partial charge < -0.3 is 0 Å². The molecule has 0 aliphatic heterocycles. The van der Waals surface area contributed by atoms with Crippen molar-refractivity contribution in [3.05, 3.63) is 26.8 Å². The summed E-state index contributed by atoms with van der Waals surface area (Å²) < 4.78 is 73.1. The Balaban J connectivity index is 3.48. The van der Waals surface area contributed by atoms with Crippen LogP contribution in [0.1, 0.15) is 17.6 Å². The number of rotatable bonds is 1. The first kappa shape index (κ1) is 12.5. The maximum atomic E-state index is 12.5. The number of pyridine rings is 1. The molecule has 0 amide bonds. The monoisotopic (exact) mass is 341 g/mol. The number of hydrogen-bond acceptors (Lipinski definition) is 1. The smallest absolute Gasteiger partial charge is 0.213 e. The predicted octanol–water partition coefficient (Wildman–Crippen LogP) is 3.78. The van der Waals surface area contributed by atoms with Crippen LogP contribution < -0.4 is 0 Å². The van der Waals surface area contributed by atoms with Gasteiger partial charge in [-0.2, -0.15) is 17.6 Å². The van der Waals surface area contributed by atoms with E-state index in [1.54, 1.807) is 0 Å². The Kier molecular flexibility index (Phi) is 3.46. The molecule has 0 unspecified atom stereocenters. The van der Waals surface area contributed by atoms with Gasteiger partial charge in [-0.25, -0.2) is 13.8 Å². The van der Waals surface area contributed by atoms with Crippen LogP contribution in [0.2, 0.25) is 0 Å². The second-order valence-electron chi connectivity index (χ2n) is 2.50. The molecule has 1 rings (SSSR count). The zero-order valence-electron chi connectivity index (χ0n) is 6.75. The van der Waals surface area contributed by atoms with Gasteiger partial charge in [0.1, 0.15) is 3.70 Å². The van der Waals surface area contributed by atoms with Crippen LogP contribution in [0.25, 0.3) is 0 Å². The molecular formula is C7H2F6IN. The minimum absolute atomic E-state index is 0.0929. The zero-order valence-corrected chi connectivity index (χ0v) is 8.91. The molecule has 15 heavy (non-hydrogen) atoms. The molecule has 0 aromatic carbocycles. The molecule has 0 bridgehead atoms. The Hall–Kier alpha value is -0.540. The topological polar surface area (TPSA) is 12.9 Å². The van der Waals surface area contributed by atoms with Crippen molar-refractivity contribution in [2.24, 2.45) is 0 Å². The van der Waals surface area contributed by atoms with Crippen LogP contribution in [0.15, 0.2) is 6.07 Å². The van der Waals surface area contributed by atoms with Gasteiger partial charge in [-0.15, -0.1) is 0 Å². The van der Waals surface area contributed by atoms with Gasteiger partial charge in [-0.3, -0.25) is 0 Å². The summed E-state index contributed by atoms with van der Waals surface area (Å²) >= 11 is 1.07. The van der Waals surface area contributed by atoms with E-state index in [-0.39, 0.29) is 6.07 Å². The summed E-state index contributed by atoms with van der Waals surface area (Å²) in [6, 6.07) is 0.0929. The molecule has 1 nitrogen and oxygen atoms in total. The fraction of sp³-hybridized carbons (Fsp3) is 0.286. The van der Waals surface area contributed by atoms with Crippen molar-refractivity contribution >= 4 is 22.6 Å². The summed E-state index contributed by atoms with van der Waals surface area (Å²) in [7, 11) is 0. The van der Waals surface area contributed by atoms with Crippen molar-refractivity contribution in [2.45, 2.75) is 12.6 Å². The molecule has 1 aromatic rings. The lowest BCUT2D eigenvalue weighted by atomic mass is 10.1. The van der Waals surface area contributed by atoms with Crippen molar-refractivity contribution in [1.82, 2.24) is 4.98 Å². The molecule has 1 heterocycles. The fourth-order valence-corrected chi connectivity index (χ4v) is 1.80. The molecule has 0 aliphatic carbocycles. The highest BCUT2D eigenvalue weighted by atomic mass is 127. The third-order valence-corrected chi connectivity index (χ3v) is 2.27. The lowest BCUT2D eigenvalue weighted by Gasteiger charge is -2.13. The molecule has 0 spiro atoms. The summed E-state index contributed by atoms with van der Waals surface area (Å²) in [5.41, 5.74) is -2.97. The zero-order chi connectivity index (χ0) is 11.8. The number of aromatic nitrogens is 1. The van der Waals surface area contributed by atoms with Gasteiger partial charge >= 0.3 is 6.18 Å². The first-order valence-corrected chi connectivity index (χ1v) is 4.52. The van der Waals surface area contributed by atoms with Crippen LogP contribution in [-0.2, 0) is 6.18 Å². The predicted molar refractivity (Wildman–Crippen MR) is 46.9 cm³/mol. The fourth-order valence-electron chi connectivity index (χ4n) is 0.954. The van der Waals surface area contributed by atoms with Crippen molar-refractivity contribution in [1.29, 1.82) is 0 Å². The largest absolute Gasteiger partial charge is 0.419 e. The molecule has 0 N–H and O–H groups in total. The van der Waals surface area contributed by atoms with E-state index < -0.39 is 33.4 Å². The standard InChI is InChI=1S/C7H2F6IN/c8-3-1-2(5(9)10)4(6(14)15-3)7(11,12)13/h1,5H. The Morgan fingerprint density at radius 2 is 1.80 bits per heavy atom. The van der Waals surface area contributed by atoms with Crippen LogP contribution >= 0.6 is 22.6 Å². The van der Waals surface area contributed by atoms with E-state index in [1.165, 1.54) is 0 Å². The SMILES string of the molecule is Fc1cc(C(F)F)c(C(F)(F)F)c(I)n1. The van der Waals surface area contributed by atoms with Crippen LogP contribution in [0.5, 0.6) is 0 Å². The first-order valence-electron chi connectivity index (χ1n) is 3.44. The van der Waals surface area contributed by atoms with Crippen LogP contribution in [-0.4, -0.2) is 4.98 Å². The van der Waals surface area contributed by atoms with Gasteiger partial charge in [0.05, 0.1) is 5.56 Å². The van der Waals surface area contributed by atoms with Crippen molar-refractivity contribution in [3.63, 3.8) is 0 Å². The van der Waals surface area contributed by atoms with Gasteiger partial charge in [-0.1, -0.05) is 0 Å². The number of hydrogen-bond donors (Lipinski definition) is 0. The number of alkyl halides is 5. The van der Waals surface area contributed by atoms with Gasteiger partial charge in [0.15, 0.2) is 0 Å². The Morgan fingerprint density at radius 3 is 2.20 bits per heavy atom. The summed E-state index contributed by atoms with van der Waals surface area (Å²) in [5.74, 6) is -1.36. The normalized spacial score (nSPS) is 12.3. The molecule has 8 heteroatoms. The minimum Gasteiger partial charge on any atom is -0.213 e. The molecule has 0 radical (unpaired) electrons. The van der Waals surface area contributed by atoms with Crippen molar-refractivity contribution in [3.8, 4) is 0 Å². The maximum Gasteiger partial charge on any atom is 0.419 e. The van der Waals surface area contributed by atoms with Crippen LogP contribution in [0.4, 0.5) is 26.3 Å². The van der Waals surface area contributed by atoms with E-state index in [4.69, 9.17) is 0 Å². The van der Waals surface area contributed by atoms with Crippen LogP contribution in [0, 0.1) is 9.65 Å². The minimum atomic E-state index is -4.97. The van der Waals surface area contributed by atoms with Gasteiger partial charge in [0.25, 0.3) is 6.43 Å². The lowest BCUT2D eigenvalue weighted by molar-refractivity contribution is -0.140. The molecule has 1 aromatic heterocycles. The number of halogens is 7. The molecule has 0 saturated heterocycles. The summed E-state index contributed by atoms with van der Waals surface area (Å²) in [5, 5.41) is 0. The lowest BCUT2D eigenvalue weighted by Crippen LogP contribution is -2.14. The third kappa shape index (κ3) is 2.73. The van der Waals surface area contributed by atoms with E-state index in [1.807, 2.05) is 0 Å². The van der Waals surface area contributed by atoms with E-state index >= 15 is 0 Å². The highest BCUT2D eigenvalue weighted by Crippen LogP contribution is 2.38. The summed E-state index contributed by atoms with van der Waals surface area (Å²) in [6.45, 7) is 0. The van der Waals surface area contributed by atoms with E-state index in [9.17, 15) is 26.3 Å². The highest BCUT2D eigenvalue weighted by molar-refractivity contribution is 14.1. The third-order valence-electron chi connectivity index (χ3n) is 1.49. The maximum absolute atomic E-state index is 12.5. The second-order valence-corrected chi connectivity index (χ2v) is 3.52. The molecule has 0 aliphatic rings. The van der Waals surface area contributed by atoms with E-state index in [0.717, 1.165) is 22.6 Å². The summed E-state index contributed by atoms with van der Waals surface area (Å²) in [6.07, 6.45) is -8.36. The average Bonchev–Trinajstić information content (AvgIpc) is 1.99. The van der Waals surface area contributed by atoms with Crippen LogP contribution in [0.3, 0.4) is 0 Å². The second kappa shape index (κ2) is 4.14. The first-order chi connectivity index (χ1) is 6.73. The van der Waals surface area contributed by atoms with Gasteiger partial charge in [0, 0.05) is 11.6 Å². The average molecular weight is 341 g/mol. The Labute approximate surface area is 93.6 Å².